The average Bonchev–Trinajstić information content (AvgIpc) is 2.57. The molecule has 1 heterocycles. The van der Waals surface area contributed by atoms with E-state index in [1.54, 1.807) is 6.92 Å². The van der Waals surface area contributed by atoms with E-state index in [1.165, 1.54) is 0 Å². The Morgan fingerprint density at radius 2 is 2.25 bits per heavy atom. The van der Waals surface area contributed by atoms with Crippen molar-refractivity contribution in [2.75, 3.05) is 6.61 Å². The second kappa shape index (κ2) is 5.65. The predicted octanol–water partition coefficient (Wildman–Crippen LogP) is 0.917. The number of nitrogens with zero attached hydrogens (tertiary/aromatic N) is 1. The number of H-pyrrole nitrogens is 1. The van der Waals surface area contributed by atoms with E-state index in [1.807, 2.05) is 13.8 Å². The molecule has 0 aliphatic carbocycles. The maximum atomic E-state index is 11.9. The van der Waals surface area contributed by atoms with Gasteiger partial charge in [0, 0.05) is 18.3 Å². The second-order valence-electron chi connectivity index (χ2n) is 3.90. The molecule has 0 saturated heterocycles. The van der Waals surface area contributed by atoms with Crippen LogP contribution in [0.15, 0.2) is 0 Å². The Morgan fingerprint density at radius 3 is 2.69 bits per heavy atom. The molecule has 16 heavy (non-hydrogen) atoms. The number of aliphatic hydroxyl groups is 1. The summed E-state index contributed by atoms with van der Waals surface area (Å²) in [6.45, 7) is 5.69. The summed E-state index contributed by atoms with van der Waals surface area (Å²) >= 11 is 0. The Labute approximate surface area is 95.3 Å². The van der Waals surface area contributed by atoms with Gasteiger partial charge in [0.25, 0.3) is 5.91 Å². The highest BCUT2D eigenvalue weighted by Crippen LogP contribution is 2.10. The summed E-state index contributed by atoms with van der Waals surface area (Å²) < 4.78 is 0. The maximum Gasteiger partial charge on any atom is 0.255 e. The molecule has 1 unspecified atom stereocenters. The van der Waals surface area contributed by atoms with Crippen LogP contribution in [0.3, 0.4) is 0 Å². The van der Waals surface area contributed by atoms with Gasteiger partial charge in [0.15, 0.2) is 0 Å². The quantitative estimate of drug-likeness (QED) is 0.697. The molecule has 5 heteroatoms. The van der Waals surface area contributed by atoms with Gasteiger partial charge in [0.05, 0.1) is 11.3 Å². The van der Waals surface area contributed by atoms with Gasteiger partial charge in [-0.1, -0.05) is 6.92 Å². The van der Waals surface area contributed by atoms with Gasteiger partial charge in [-0.05, 0) is 26.7 Å². The number of hydrogen-bond acceptors (Lipinski definition) is 3. The minimum absolute atomic E-state index is 0.0196. The molecule has 0 aliphatic rings. The third-order valence-corrected chi connectivity index (χ3v) is 2.66. The summed E-state index contributed by atoms with van der Waals surface area (Å²) in [6.07, 6.45) is 1.39. The molecule has 0 aromatic carbocycles. The second-order valence-corrected chi connectivity index (χ2v) is 3.90. The molecule has 3 N–H and O–H groups in total. The lowest BCUT2D eigenvalue weighted by Gasteiger charge is -2.15. The fourth-order valence-corrected chi connectivity index (χ4v) is 1.68. The molecule has 1 atom stereocenters. The SMILES string of the molecule is CCC(CCO)NC(=O)c1c(C)n[nH]c1C. The van der Waals surface area contributed by atoms with Crippen LogP contribution in [0, 0.1) is 13.8 Å². The standard InChI is InChI=1S/C11H19N3O2/c1-4-9(5-6-15)12-11(16)10-7(2)13-14-8(10)3/h9,15H,4-6H2,1-3H3,(H,12,16)(H,13,14). The van der Waals surface area contributed by atoms with Gasteiger partial charge in [0.2, 0.25) is 0 Å². The van der Waals surface area contributed by atoms with E-state index in [-0.39, 0.29) is 18.6 Å². The zero-order valence-electron chi connectivity index (χ0n) is 10.0. The van der Waals surface area contributed by atoms with E-state index in [0.717, 1.165) is 12.1 Å². The van der Waals surface area contributed by atoms with Gasteiger partial charge in [0.1, 0.15) is 0 Å². The molecule has 90 valence electrons. The van der Waals surface area contributed by atoms with Gasteiger partial charge in [-0.3, -0.25) is 9.89 Å². The number of hydrogen-bond donors (Lipinski definition) is 3. The number of amides is 1. The van der Waals surface area contributed by atoms with Crippen LogP contribution in [-0.4, -0.2) is 33.9 Å². The predicted molar refractivity (Wildman–Crippen MR) is 61.3 cm³/mol. The van der Waals surface area contributed by atoms with Crippen molar-refractivity contribution < 1.29 is 9.90 Å². The lowest BCUT2D eigenvalue weighted by Crippen LogP contribution is -2.35. The third kappa shape index (κ3) is 2.82. The van der Waals surface area contributed by atoms with E-state index < -0.39 is 0 Å². The van der Waals surface area contributed by atoms with Crippen molar-refractivity contribution in [2.24, 2.45) is 0 Å². The van der Waals surface area contributed by atoms with Gasteiger partial charge in [-0.25, -0.2) is 0 Å². The zero-order valence-corrected chi connectivity index (χ0v) is 10.0. The smallest absolute Gasteiger partial charge is 0.255 e. The Bertz CT molecular complexity index is 341. The average molecular weight is 225 g/mol. The van der Waals surface area contributed by atoms with Crippen molar-refractivity contribution >= 4 is 5.91 Å². The van der Waals surface area contributed by atoms with Gasteiger partial charge in [-0.2, -0.15) is 5.10 Å². The number of aromatic amines is 1. The summed E-state index contributed by atoms with van der Waals surface area (Å²) in [5.74, 6) is -0.121. The summed E-state index contributed by atoms with van der Waals surface area (Å²) in [5, 5.41) is 18.5. The van der Waals surface area contributed by atoms with Crippen molar-refractivity contribution in [1.82, 2.24) is 15.5 Å². The van der Waals surface area contributed by atoms with Crippen LogP contribution in [0.4, 0.5) is 0 Å². The first kappa shape index (κ1) is 12.7. The molecule has 0 radical (unpaired) electrons. The Hall–Kier alpha value is -1.36. The van der Waals surface area contributed by atoms with Crippen LogP contribution in [0.25, 0.3) is 0 Å². The van der Waals surface area contributed by atoms with Gasteiger partial charge < -0.3 is 10.4 Å². The molecule has 0 aliphatic heterocycles. The molecule has 0 bridgehead atoms. The Kier molecular flexibility index (Phi) is 4.49. The van der Waals surface area contributed by atoms with E-state index in [0.29, 0.717) is 17.7 Å². The fraction of sp³-hybridized carbons (Fsp3) is 0.636. The molecule has 5 nitrogen and oxygen atoms in total. The molecular formula is C11H19N3O2. The highest BCUT2D eigenvalue weighted by molar-refractivity contribution is 5.96. The number of aromatic nitrogens is 2. The first-order chi connectivity index (χ1) is 7.60. The summed E-state index contributed by atoms with van der Waals surface area (Å²) in [4.78, 5) is 11.9. The largest absolute Gasteiger partial charge is 0.396 e. The number of aryl methyl sites for hydroxylation is 2. The van der Waals surface area contributed by atoms with Crippen molar-refractivity contribution in [2.45, 2.75) is 39.7 Å². The fourth-order valence-electron chi connectivity index (χ4n) is 1.68. The van der Waals surface area contributed by atoms with Gasteiger partial charge >= 0.3 is 0 Å². The molecule has 0 saturated carbocycles. The lowest BCUT2D eigenvalue weighted by molar-refractivity contribution is 0.0928. The van der Waals surface area contributed by atoms with Crippen molar-refractivity contribution in [3.8, 4) is 0 Å². The first-order valence-corrected chi connectivity index (χ1v) is 5.53. The summed E-state index contributed by atoms with van der Waals surface area (Å²) in [7, 11) is 0. The summed E-state index contributed by atoms with van der Waals surface area (Å²) in [5.41, 5.74) is 2.08. The molecule has 0 fully saturated rings. The van der Waals surface area contributed by atoms with Crippen LogP contribution in [0.1, 0.15) is 41.5 Å². The minimum Gasteiger partial charge on any atom is -0.396 e. The number of carbonyl (C=O) groups is 1. The van der Waals surface area contributed by atoms with Crippen LogP contribution >= 0.6 is 0 Å². The number of nitrogens with one attached hydrogen (secondary N) is 2. The molecule has 0 spiro atoms. The molecule has 1 rings (SSSR count). The maximum absolute atomic E-state index is 11.9. The van der Waals surface area contributed by atoms with Gasteiger partial charge in [-0.15, -0.1) is 0 Å². The first-order valence-electron chi connectivity index (χ1n) is 5.53. The summed E-state index contributed by atoms with van der Waals surface area (Å²) in [6, 6.07) is 0.0196. The minimum atomic E-state index is -0.121. The number of rotatable bonds is 5. The van der Waals surface area contributed by atoms with Crippen LogP contribution in [-0.2, 0) is 0 Å². The van der Waals surface area contributed by atoms with E-state index in [4.69, 9.17) is 5.11 Å². The topological polar surface area (TPSA) is 78.0 Å². The Balaban J connectivity index is 2.71. The van der Waals surface area contributed by atoms with E-state index in [2.05, 4.69) is 15.5 Å². The highest BCUT2D eigenvalue weighted by atomic mass is 16.3. The Morgan fingerprint density at radius 1 is 1.56 bits per heavy atom. The molecule has 1 amide bonds. The van der Waals surface area contributed by atoms with Crippen LogP contribution < -0.4 is 5.32 Å². The molecule has 1 aromatic heterocycles. The van der Waals surface area contributed by atoms with Crippen molar-refractivity contribution in [1.29, 1.82) is 0 Å². The molecular weight excluding hydrogens is 206 g/mol. The van der Waals surface area contributed by atoms with E-state index >= 15 is 0 Å². The van der Waals surface area contributed by atoms with Crippen molar-refractivity contribution in [3.63, 3.8) is 0 Å². The molecule has 1 aromatic rings. The number of aliphatic hydroxyl groups excluding tert-OH is 1. The van der Waals surface area contributed by atoms with Crippen LogP contribution in [0.2, 0.25) is 0 Å². The van der Waals surface area contributed by atoms with Crippen LogP contribution in [0.5, 0.6) is 0 Å². The van der Waals surface area contributed by atoms with Crippen molar-refractivity contribution in [3.05, 3.63) is 17.0 Å². The third-order valence-electron chi connectivity index (χ3n) is 2.66. The lowest BCUT2D eigenvalue weighted by atomic mass is 10.1. The highest BCUT2D eigenvalue weighted by Gasteiger charge is 2.17. The zero-order chi connectivity index (χ0) is 12.1. The number of carbonyl (C=O) groups excluding carboxylic acids is 1. The normalized spacial score (nSPS) is 12.5. The monoisotopic (exact) mass is 225 g/mol. The van der Waals surface area contributed by atoms with E-state index in [9.17, 15) is 4.79 Å².